The molecular formula is C36H33Ir3N3Y2-6. The second-order valence-electron chi connectivity index (χ2n) is 7.47. The summed E-state index contributed by atoms with van der Waals surface area (Å²) in [6, 6.07) is 50.5. The van der Waals surface area contributed by atoms with Gasteiger partial charge in [-0.2, -0.15) is 0 Å². The van der Waals surface area contributed by atoms with Crippen molar-refractivity contribution in [2.75, 3.05) is 0 Å². The second-order valence-corrected chi connectivity index (χ2v) is 7.47. The minimum absolute atomic E-state index is 0. The van der Waals surface area contributed by atoms with Gasteiger partial charge in [-0.05, 0) is 35.3 Å². The van der Waals surface area contributed by atoms with Crippen LogP contribution in [0, 0.1) is 40.5 Å². The standard InChI is InChI=1S/3C11H8N.3CH3.3Ir.2Y/c3*1-2-6-10(7-3-1)11-8-4-5-9-12-11;;;;;;;;/h3*1-6,8-9H;3*1H3;;;;;/q6*-1;;;;;. The Balaban J connectivity index is -0.000000158. The first kappa shape index (κ1) is 52.8. The summed E-state index contributed by atoms with van der Waals surface area (Å²) in [7, 11) is 0. The number of rotatable bonds is 3. The van der Waals surface area contributed by atoms with Gasteiger partial charge in [0.1, 0.15) is 0 Å². The molecule has 3 nitrogen and oxygen atoms in total. The summed E-state index contributed by atoms with van der Waals surface area (Å²) in [4.78, 5) is 12.7. The molecule has 0 amide bonds. The Bertz CT molecular complexity index is 1110. The first-order valence-electron chi connectivity index (χ1n) is 11.5. The summed E-state index contributed by atoms with van der Waals surface area (Å²) in [6.07, 6.45) is 5.36. The predicted octanol–water partition coefficient (Wildman–Crippen LogP) is 8.98. The second kappa shape index (κ2) is 32.2. The Morgan fingerprint density at radius 2 is 0.591 bits per heavy atom. The quantitative estimate of drug-likeness (QED) is 0.166. The van der Waals surface area contributed by atoms with Gasteiger partial charge in [0.05, 0.1) is 0 Å². The Labute approximate surface area is 356 Å². The smallest absolute Gasteiger partial charge is 0.0160 e. The molecule has 8 heteroatoms. The van der Waals surface area contributed by atoms with E-state index < -0.39 is 0 Å². The maximum absolute atomic E-state index is 4.22. The van der Waals surface area contributed by atoms with Gasteiger partial charge in [-0.15, -0.1) is 108 Å². The first-order valence-corrected chi connectivity index (χ1v) is 11.5. The van der Waals surface area contributed by atoms with Crippen LogP contribution in [0.3, 0.4) is 0 Å². The Kier molecular flexibility index (Phi) is 38.6. The van der Waals surface area contributed by atoms with Crippen molar-refractivity contribution >= 4 is 0 Å². The molecule has 3 aromatic heterocycles. The molecule has 3 heterocycles. The van der Waals surface area contributed by atoms with Gasteiger partial charge in [-0.3, -0.25) is 0 Å². The monoisotopic (exact) mass is 1260 g/mol. The average Bonchev–Trinajstić information content (AvgIpc) is 3.01. The van der Waals surface area contributed by atoms with Gasteiger partial charge in [0.15, 0.2) is 0 Å². The maximum Gasteiger partial charge on any atom is 0.0160 e. The van der Waals surface area contributed by atoms with Crippen LogP contribution in [0.2, 0.25) is 0 Å². The number of nitrogens with zero attached hydrogens (tertiary/aromatic N) is 3. The van der Waals surface area contributed by atoms with Crippen molar-refractivity contribution in [2.24, 2.45) is 0 Å². The summed E-state index contributed by atoms with van der Waals surface area (Å²) in [6.45, 7) is 0. The number of aromatic nitrogens is 3. The third-order valence-electron chi connectivity index (χ3n) is 4.95. The fourth-order valence-electron chi connectivity index (χ4n) is 3.22. The Morgan fingerprint density at radius 1 is 0.341 bits per heavy atom. The number of benzene rings is 3. The normalized spacial score (nSPS) is 7.91. The van der Waals surface area contributed by atoms with Crippen molar-refractivity contribution in [3.05, 3.63) is 186 Å². The SMILES string of the molecule is [CH3-].[CH3-].[CH3-].[Ir].[Ir].[Ir].[Y].[Y].[c-]1ccccc1-c1ccccn1.[c-]1ccccc1-c1ccccn1.[c-]1ccccc1-c1ccccn1. The van der Waals surface area contributed by atoms with Crippen LogP contribution in [0.15, 0.2) is 146 Å². The van der Waals surface area contributed by atoms with Crippen LogP contribution in [0.25, 0.3) is 33.8 Å². The molecular weight excluding hydrogens is 1230 g/mol. The van der Waals surface area contributed by atoms with Gasteiger partial charge in [-0.25, -0.2) is 0 Å². The van der Waals surface area contributed by atoms with Gasteiger partial charge < -0.3 is 37.2 Å². The number of pyridine rings is 3. The van der Waals surface area contributed by atoms with Gasteiger partial charge >= 0.3 is 0 Å². The summed E-state index contributed by atoms with van der Waals surface area (Å²) in [5.74, 6) is 0. The third-order valence-corrected chi connectivity index (χ3v) is 4.95. The molecule has 3 aromatic carbocycles. The van der Waals surface area contributed by atoms with E-state index in [0.29, 0.717) is 0 Å². The van der Waals surface area contributed by atoms with E-state index in [1.54, 1.807) is 18.6 Å². The number of hydrogen-bond donors (Lipinski definition) is 0. The van der Waals surface area contributed by atoms with E-state index in [9.17, 15) is 0 Å². The molecule has 0 aliphatic carbocycles. The molecule has 0 aliphatic heterocycles. The zero-order valence-electron chi connectivity index (χ0n) is 24.9. The van der Waals surface area contributed by atoms with E-state index in [1.807, 2.05) is 127 Å². The van der Waals surface area contributed by atoms with Crippen LogP contribution in [0.4, 0.5) is 0 Å². The van der Waals surface area contributed by atoms with Crippen molar-refractivity contribution in [2.45, 2.75) is 0 Å². The summed E-state index contributed by atoms with van der Waals surface area (Å²) in [5, 5.41) is 0. The van der Waals surface area contributed by atoms with Gasteiger partial charge in [0.25, 0.3) is 0 Å². The van der Waals surface area contributed by atoms with E-state index in [-0.39, 0.29) is 148 Å². The van der Waals surface area contributed by atoms with Gasteiger partial charge in [0, 0.05) is 144 Å². The molecule has 0 aliphatic rings. The minimum atomic E-state index is 0. The molecule has 0 spiro atoms. The Morgan fingerprint density at radius 3 is 0.773 bits per heavy atom. The van der Waals surface area contributed by atoms with Crippen LogP contribution in [-0.4, -0.2) is 15.0 Å². The zero-order chi connectivity index (χ0) is 24.7. The van der Waals surface area contributed by atoms with E-state index in [0.717, 1.165) is 33.8 Å². The molecule has 0 atom stereocenters. The van der Waals surface area contributed by atoms with Crippen LogP contribution in [0.5, 0.6) is 0 Å². The largest absolute Gasteiger partial charge is 0.358 e. The molecule has 0 N–H and O–H groups in total. The molecule has 231 valence electrons. The fourth-order valence-corrected chi connectivity index (χ4v) is 3.22. The molecule has 44 heavy (non-hydrogen) atoms. The van der Waals surface area contributed by atoms with Crippen LogP contribution < -0.4 is 0 Å². The van der Waals surface area contributed by atoms with E-state index in [4.69, 9.17) is 0 Å². The van der Waals surface area contributed by atoms with Gasteiger partial charge in [0.2, 0.25) is 0 Å². The zero-order valence-corrected chi connectivity index (χ0v) is 37.7. The molecule has 0 saturated carbocycles. The van der Waals surface area contributed by atoms with E-state index >= 15 is 0 Å². The fraction of sp³-hybridized carbons (Fsp3) is 0. The third kappa shape index (κ3) is 19.0. The van der Waals surface area contributed by atoms with Crippen LogP contribution in [-0.2, 0) is 126 Å². The van der Waals surface area contributed by atoms with Crippen molar-refractivity contribution in [3.8, 4) is 33.8 Å². The molecule has 0 unspecified atom stereocenters. The first-order chi connectivity index (χ1) is 17.9. The molecule has 6 aromatic rings. The molecule has 0 fully saturated rings. The summed E-state index contributed by atoms with van der Waals surface area (Å²) in [5.41, 5.74) is 6.03. The van der Waals surface area contributed by atoms with Crippen LogP contribution >= 0.6 is 0 Å². The number of hydrogen-bond acceptors (Lipinski definition) is 3. The van der Waals surface area contributed by atoms with Crippen molar-refractivity contribution in [1.29, 1.82) is 0 Å². The van der Waals surface area contributed by atoms with Crippen molar-refractivity contribution < 1.29 is 126 Å². The summed E-state index contributed by atoms with van der Waals surface area (Å²) < 4.78 is 0. The van der Waals surface area contributed by atoms with Crippen LogP contribution in [0.1, 0.15) is 0 Å². The van der Waals surface area contributed by atoms with E-state index in [1.165, 1.54) is 0 Å². The molecule has 5 radical (unpaired) electrons. The molecule has 0 saturated heterocycles. The summed E-state index contributed by atoms with van der Waals surface area (Å²) >= 11 is 0. The van der Waals surface area contributed by atoms with Crippen molar-refractivity contribution in [3.63, 3.8) is 0 Å². The van der Waals surface area contributed by atoms with E-state index in [2.05, 4.69) is 33.2 Å². The minimum Gasteiger partial charge on any atom is -0.358 e. The predicted molar refractivity (Wildman–Crippen MR) is 165 cm³/mol. The van der Waals surface area contributed by atoms with Gasteiger partial charge in [-0.1, -0.05) is 36.4 Å². The average molecular weight is 1260 g/mol. The topological polar surface area (TPSA) is 38.7 Å². The Hall–Kier alpha value is -0.734. The molecule has 6 rings (SSSR count). The molecule has 0 bridgehead atoms. The van der Waals surface area contributed by atoms with Crippen molar-refractivity contribution in [1.82, 2.24) is 15.0 Å². The maximum atomic E-state index is 4.22.